The predicted molar refractivity (Wildman–Crippen MR) is 151 cm³/mol. The maximum Gasteiger partial charge on any atom is 0.281 e. The second-order valence-electron chi connectivity index (χ2n) is 12.2. The minimum Gasteiger partial charge on any atom is -0.475 e. The van der Waals surface area contributed by atoms with Gasteiger partial charge in [-0.25, -0.2) is 9.71 Å². The van der Waals surface area contributed by atoms with Crippen molar-refractivity contribution in [3.05, 3.63) is 41.4 Å². The molecular formula is C28H37ClN4O5S. The van der Waals surface area contributed by atoms with Crippen LogP contribution in [0.2, 0.25) is 5.02 Å². The first-order valence-corrected chi connectivity index (χ1v) is 15.4. The third-order valence-corrected chi connectivity index (χ3v) is 9.48. The van der Waals surface area contributed by atoms with Gasteiger partial charge in [-0.2, -0.15) is 8.42 Å². The number of ether oxygens (including phenoxy) is 1. The Labute approximate surface area is 235 Å². The summed E-state index contributed by atoms with van der Waals surface area (Å²) in [5.41, 5.74) is -1.04. The van der Waals surface area contributed by atoms with E-state index < -0.39 is 27.1 Å². The number of nitrogens with zero attached hydrogens (tertiary/aromatic N) is 3. The van der Waals surface area contributed by atoms with E-state index in [2.05, 4.69) is 28.5 Å². The van der Waals surface area contributed by atoms with Gasteiger partial charge in [-0.3, -0.25) is 4.79 Å². The molecule has 2 N–H and O–H groups in total. The topological polar surface area (TPSA) is 112 Å². The monoisotopic (exact) mass is 576 g/mol. The molecular weight excluding hydrogens is 540 g/mol. The SMILES string of the molecule is CC1(C)CCN(c2ccc(Cl)cc2OC2(C(=O)NS(=O)(=O)c3cccc(N4CCCC(C)(O)C4)n3)CC2)CC1. The van der Waals surface area contributed by atoms with Gasteiger partial charge in [0, 0.05) is 50.1 Å². The van der Waals surface area contributed by atoms with Crippen molar-refractivity contribution < 1.29 is 23.1 Å². The van der Waals surface area contributed by atoms with Crippen molar-refractivity contribution in [2.45, 2.75) is 75.5 Å². The zero-order chi connectivity index (χ0) is 28.1. The third kappa shape index (κ3) is 6.28. The van der Waals surface area contributed by atoms with Crippen LogP contribution in [0, 0.1) is 5.41 Å². The molecule has 11 heteroatoms. The molecule has 2 aliphatic heterocycles. The summed E-state index contributed by atoms with van der Waals surface area (Å²) in [6.45, 7) is 8.99. The first kappa shape index (κ1) is 28.0. The minimum absolute atomic E-state index is 0.256. The molecule has 39 heavy (non-hydrogen) atoms. The van der Waals surface area contributed by atoms with Gasteiger partial charge < -0.3 is 19.6 Å². The number of benzene rings is 1. The lowest BCUT2D eigenvalue weighted by molar-refractivity contribution is -0.127. The Kier molecular flexibility index (Phi) is 7.26. The zero-order valence-electron chi connectivity index (χ0n) is 22.7. The molecule has 9 nitrogen and oxygen atoms in total. The zero-order valence-corrected chi connectivity index (χ0v) is 24.3. The first-order valence-electron chi connectivity index (χ1n) is 13.5. The third-order valence-electron chi connectivity index (χ3n) is 8.01. The van der Waals surface area contributed by atoms with Crippen LogP contribution in [0.15, 0.2) is 41.4 Å². The lowest BCUT2D eigenvalue weighted by atomic mass is 9.82. The number of sulfonamides is 1. The molecule has 1 saturated carbocycles. The van der Waals surface area contributed by atoms with Gasteiger partial charge in [-0.05, 0) is 62.3 Å². The molecule has 3 heterocycles. The molecule has 5 rings (SSSR count). The second-order valence-corrected chi connectivity index (χ2v) is 14.2. The molecule has 1 aromatic carbocycles. The number of piperidine rings is 2. The lowest BCUT2D eigenvalue weighted by Crippen LogP contribution is -2.46. The highest BCUT2D eigenvalue weighted by atomic mass is 35.5. The highest BCUT2D eigenvalue weighted by Gasteiger charge is 2.54. The van der Waals surface area contributed by atoms with Crippen LogP contribution < -0.4 is 19.3 Å². The molecule has 0 spiro atoms. The number of nitrogens with one attached hydrogen (secondary N) is 1. The van der Waals surface area contributed by atoms with E-state index in [1.165, 1.54) is 6.07 Å². The van der Waals surface area contributed by atoms with Crippen molar-refractivity contribution in [3.8, 4) is 5.75 Å². The Morgan fingerprint density at radius 3 is 2.41 bits per heavy atom. The van der Waals surface area contributed by atoms with Crippen LogP contribution in [-0.4, -0.2) is 61.8 Å². The summed E-state index contributed by atoms with van der Waals surface area (Å²) in [7, 11) is -4.25. The van der Waals surface area contributed by atoms with Crippen molar-refractivity contribution >= 4 is 39.0 Å². The van der Waals surface area contributed by atoms with Gasteiger partial charge in [0.25, 0.3) is 15.9 Å². The summed E-state index contributed by atoms with van der Waals surface area (Å²) in [5.74, 6) is 0.196. The van der Waals surface area contributed by atoms with E-state index in [1.54, 1.807) is 31.2 Å². The van der Waals surface area contributed by atoms with Crippen LogP contribution in [0.4, 0.5) is 11.5 Å². The molecule has 3 aliphatic rings. The Balaban J connectivity index is 1.32. The molecule has 1 aliphatic carbocycles. The lowest BCUT2D eigenvalue weighted by Gasteiger charge is -2.39. The minimum atomic E-state index is -4.25. The van der Waals surface area contributed by atoms with E-state index in [4.69, 9.17) is 16.3 Å². The van der Waals surface area contributed by atoms with Crippen LogP contribution in [0.1, 0.15) is 59.3 Å². The largest absolute Gasteiger partial charge is 0.475 e. The van der Waals surface area contributed by atoms with Crippen molar-refractivity contribution in [3.63, 3.8) is 0 Å². The van der Waals surface area contributed by atoms with Crippen LogP contribution >= 0.6 is 11.6 Å². The summed E-state index contributed by atoms with van der Waals surface area (Å²) in [5, 5.41) is 10.7. The molecule has 1 amide bonds. The fourth-order valence-corrected chi connectivity index (χ4v) is 6.46. The van der Waals surface area contributed by atoms with Gasteiger partial charge in [0.1, 0.15) is 11.6 Å². The molecule has 1 atom stereocenters. The van der Waals surface area contributed by atoms with E-state index in [1.807, 2.05) is 11.0 Å². The number of aliphatic hydroxyl groups is 1. The molecule has 1 aromatic heterocycles. The summed E-state index contributed by atoms with van der Waals surface area (Å²) in [6, 6.07) is 10.0. The van der Waals surface area contributed by atoms with E-state index in [0.717, 1.165) is 38.0 Å². The standard InChI is InChI=1S/C28H37ClN4O5S/c1-26(2)13-16-32(17-14-26)21-9-8-20(29)18-22(21)38-28(11-12-28)25(34)31-39(36,37)24-7-4-6-23(30-24)33-15-5-10-27(3,35)19-33/h4,6-9,18,35H,5,10-17,19H2,1-3H3,(H,31,34). The average Bonchev–Trinajstić information content (AvgIpc) is 3.65. The van der Waals surface area contributed by atoms with Crippen molar-refractivity contribution in [2.24, 2.45) is 5.41 Å². The summed E-state index contributed by atoms with van der Waals surface area (Å²) in [6.07, 6.45) is 4.28. The number of carbonyl (C=O) groups excluding carboxylic acids is 1. The smallest absolute Gasteiger partial charge is 0.281 e. The Bertz CT molecular complexity index is 1350. The maximum absolute atomic E-state index is 13.3. The van der Waals surface area contributed by atoms with E-state index in [0.29, 0.717) is 48.9 Å². The molecule has 3 fully saturated rings. The Morgan fingerprint density at radius 2 is 1.74 bits per heavy atom. The number of β-amino-alcohol motifs (C(OH)–C–C–N with tert-alkyl or cyclic N) is 1. The maximum atomic E-state index is 13.3. The van der Waals surface area contributed by atoms with Gasteiger partial charge >= 0.3 is 0 Å². The highest BCUT2D eigenvalue weighted by Crippen LogP contribution is 2.45. The van der Waals surface area contributed by atoms with E-state index in [-0.39, 0.29) is 10.4 Å². The molecule has 2 aromatic rings. The fourth-order valence-electron chi connectivity index (χ4n) is 5.30. The number of hydrogen-bond donors (Lipinski definition) is 2. The van der Waals surface area contributed by atoms with Crippen LogP contribution in [-0.2, 0) is 14.8 Å². The first-order chi connectivity index (χ1) is 18.3. The number of hydrogen-bond acceptors (Lipinski definition) is 8. The van der Waals surface area contributed by atoms with Crippen molar-refractivity contribution in [1.82, 2.24) is 9.71 Å². The molecule has 212 valence electrons. The molecule has 0 radical (unpaired) electrons. The summed E-state index contributed by atoms with van der Waals surface area (Å²) >= 11 is 6.29. The Morgan fingerprint density at radius 1 is 1.03 bits per heavy atom. The average molecular weight is 577 g/mol. The molecule has 0 bridgehead atoms. The second kappa shape index (κ2) is 10.1. The number of aromatic nitrogens is 1. The van der Waals surface area contributed by atoms with E-state index >= 15 is 0 Å². The number of carbonyl (C=O) groups is 1. The Hall–Kier alpha value is -2.56. The summed E-state index contributed by atoms with van der Waals surface area (Å²) in [4.78, 5) is 21.7. The normalized spacial score (nSPS) is 24.2. The van der Waals surface area contributed by atoms with Crippen molar-refractivity contribution in [1.29, 1.82) is 0 Å². The van der Waals surface area contributed by atoms with E-state index in [9.17, 15) is 18.3 Å². The summed E-state index contributed by atoms with van der Waals surface area (Å²) < 4.78 is 34.9. The number of rotatable bonds is 7. The van der Waals surface area contributed by atoms with Crippen LogP contribution in [0.5, 0.6) is 5.75 Å². The van der Waals surface area contributed by atoms with Crippen molar-refractivity contribution in [2.75, 3.05) is 36.0 Å². The van der Waals surface area contributed by atoms with Gasteiger partial charge in [-0.1, -0.05) is 31.5 Å². The molecule has 2 saturated heterocycles. The quantitative estimate of drug-likeness (QED) is 0.506. The number of halogens is 1. The number of anilines is 2. The van der Waals surface area contributed by atoms with Crippen LogP contribution in [0.3, 0.4) is 0 Å². The van der Waals surface area contributed by atoms with Gasteiger partial charge in [-0.15, -0.1) is 0 Å². The van der Waals surface area contributed by atoms with Gasteiger partial charge in [0.05, 0.1) is 11.3 Å². The fraction of sp³-hybridized carbons (Fsp3) is 0.571. The van der Waals surface area contributed by atoms with Crippen LogP contribution in [0.25, 0.3) is 0 Å². The predicted octanol–water partition coefficient (Wildman–Crippen LogP) is 4.13. The number of pyridine rings is 1. The molecule has 1 unspecified atom stereocenters. The van der Waals surface area contributed by atoms with Gasteiger partial charge in [0.15, 0.2) is 10.6 Å². The number of amides is 1. The van der Waals surface area contributed by atoms with Gasteiger partial charge in [0.2, 0.25) is 0 Å². The highest BCUT2D eigenvalue weighted by molar-refractivity contribution is 7.90.